The highest BCUT2D eigenvalue weighted by Gasteiger charge is 2.45. The van der Waals surface area contributed by atoms with Gasteiger partial charge in [0.05, 0.1) is 6.61 Å². The van der Waals surface area contributed by atoms with E-state index < -0.39 is 49.0 Å². The molecule has 0 bridgehead atoms. The fraction of sp³-hybridized carbons (Fsp3) is 0.400. The number of aliphatic hydroxyl groups excluding tert-OH is 4. The van der Waals surface area contributed by atoms with E-state index in [2.05, 4.69) is 0 Å². The summed E-state index contributed by atoms with van der Waals surface area (Å²) in [5, 5.41) is 48.1. The molecule has 0 amide bonds. The first kappa shape index (κ1) is 18.7. The van der Waals surface area contributed by atoms with Crippen molar-refractivity contribution in [3.05, 3.63) is 40.6 Å². The number of carbonyl (C=O) groups is 1. The number of rotatable bonds is 5. The molecule has 0 radical (unpaired) electrons. The molecule has 2 rings (SSSR count). The third kappa shape index (κ3) is 4.23. The van der Waals surface area contributed by atoms with Crippen LogP contribution in [-0.2, 0) is 14.3 Å². The molecule has 1 aromatic rings. The highest BCUT2D eigenvalue weighted by Crippen LogP contribution is 2.24. The van der Waals surface area contributed by atoms with Crippen LogP contribution in [0, 0.1) is 0 Å². The molecular formula is C15H17ClO8. The van der Waals surface area contributed by atoms with Crippen molar-refractivity contribution in [2.45, 2.75) is 30.7 Å². The van der Waals surface area contributed by atoms with E-state index in [0.717, 1.165) is 0 Å². The molecule has 5 atom stereocenters. The van der Waals surface area contributed by atoms with Crippen molar-refractivity contribution in [3.8, 4) is 0 Å². The van der Waals surface area contributed by atoms with Gasteiger partial charge >= 0.3 is 5.97 Å². The second kappa shape index (κ2) is 7.93. The number of hydrogen-bond acceptors (Lipinski definition) is 7. The highest BCUT2D eigenvalue weighted by molar-refractivity contribution is 6.30. The number of benzene rings is 1. The average molecular weight is 361 g/mol. The summed E-state index contributed by atoms with van der Waals surface area (Å²) in [6.07, 6.45) is -6.50. The fourth-order valence-electron chi connectivity index (χ4n) is 2.15. The van der Waals surface area contributed by atoms with E-state index in [4.69, 9.17) is 26.2 Å². The van der Waals surface area contributed by atoms with Crippen LogP contribution in [0.3, 0.4) is 0 Å². The quantitative estimate of drug-likeness (QED) is 0.353. The third-order valence-corrected chi connectivity index (χ3v) is 3.72. The molecule has 0 spiro atoms. The van der Waals surface area contributed by atoms with E-state index in [1.54, 1.807) is 24.3 Å². The fourth-order valence-corrected chi connectivity index (χ4v) is 2.27. The molecule has 1 aliphatic rings. The summed E-state index contributed by atoms with van der Waals surface area (Å²) in [7, 11) is 0. The van der Waals surface area contributed by atoms with Gasteiger partial charge in [-0.25, -0.2) is 4.79 Å². The molecule has 9 heteroatoms. The van der Waals surface area contributed by atoms with Gasteiger partial charge in [0.1, 0.15) is 24.4 Å². The van der Waals surface area contributed by atoms with Gasteiger partial charge in [-0.1, -0.05) is 23.7 Å². The Labute approximate surface area is 142 Å². The molecule has 0 aromatic heterocycles. The van der Waals surface area contributed by atoms with Gasteiger partial charge in [-0.3, -0.25) is 0 Å². The molecule has 1 aliphatic heterocycles. The van der Waals surface area contributed by atoms with Crippen molar-refractivity contribution in [3.63, 3.8) is 0 Å². The number of carboxylic acids is 1. The first-order chi connectivity index (χ1) is 11.3. The number of aliphatic carboxylic acids is 1. The first-order valence-electron chi connectivity index (χ1n) is 7.01. The van der Waals surface area contributed by atoms with Crippen LogP contribution >= 0.6 is 11.6 Å². The molecule has 0 saturated carbocycles. The van der Waals surface area contributed by atoms with E-state index >= 15 is 0 Å². The highest BCUT2D eigenvalue weighted by atomic mass is 35.5. The van der Waals surface area contributed by atoms with Crippen molar-refractivity contribution in [1.29, 1.82) is 0 Å². The Morgan fingerprint density at radius 1 is 1.17 bits per heavy atom. The summed E-state index contributed by atoms with van der Waals surface area (Å²) in [4.78, 5) is 11.3. The second-order valence-corrected chi connectivity index (χ2v) is 5.62. The minimum Gasteiger partial charge on any atom is -0.475 e. The van der Waals surface area contributed by atoms with Crippen LogP contribution in [0.25, 0.3) is 6.08 Å². The van der Waals surface area contributed by atoms with Crippen LogP contribution in [0.5, 0.6) is 0 Å². The second-order valence-electron chi connectivity index (χ2n) is 5.18. The SMILES string of the molecule is O=C(O)/C(=C\c1ccc(Cl)cc1)O[C@H]1O[C@@H](CO)[C@H](O)[C@H](O)[C@H]1O. The van der Waals surface area contributed by atoms with Gasteiger partial charge in [0, 0.05) is 5.02 Å². The lowest BCUT2D eigenvalue weighted by atomic mass is 9.99. The maximum atomic E-state index is 11.3. The van der Waals surface area contributed by atoms with E-state index in [1.165, 1.54) is 6.08 Å². The zero-order chi connectivity index (χ0) is 17.9. The van der Waals surface area contributed by atoms with Gasteiger partial charge in [0.25, 0.3) is 0 Å². The Balaban J connectivity index is 2.20. The molecule has 1 aromatic carbocycles. The molecule has 1 fully saturated rings. The molecule has 0 aliphatic carbocycles. The molecule has 132 valence electrons. The molecule has 1 saturated heterocycles. The minimum absolute atomic E-state index is 0.471. The van der Waals surface area contributed by atoms with E-state index in [1.807, 2.05) is 0 Å². The van der Waals surface area contributed by atoms with E-state index in [0.29, 0.717) is 10.6 Å². The Bertz CT molecular complexity index is 600. The van der Waals surface area contributed by atoms with Crippen molar-refractivity contribution in [2.24, 2.45) is 0 Å². The van der Waals surface area contributed by atoms with Gasteiger partial charge in [-0.2, -0.15) is 0 Å². The van der Waals surface area contributed by atoms with Crippen LogP contribution in [0.2, 0.25) is 5.02 Å². The predicted octanol–water partition coefficient (Wildman–Crippen LogP) is -0.418. The number of carboxylic acid groups (broad SMARTS) is 1. The van der Waals surface area contributed by atoms with E-state index in [9.17, 15) is 25.2 Å². The summed E-state index contributed by atoms with van der Waals surface area (Å²) >= 11 is 5.75. The minimum atomic E-state index is -1.70. The van der Waals surface area contributed by atoms with Crippen LogP contribution in [0.1, 0.15) is 5.56 Å². The summed E-state index contributed by atoms with van der Waals surface area (Å²) in [5.74, 6) is -1.98. The molecule has 24 heavy (non-hydrogen) atoms. The van der Waals surface area contributed by atoms with Gasteiger partial charge < -0.3 is 35.0 Å². The Kier molecular flexibility index (Phi) is 6.16. The summed E-state index contributed by atoms with van der Waals surface area (Å²) in [6, 6.07) is 6.23. The number of ether oxygens (including phenoxy) is 2. The standard InChI is InChI=1S/C15H17ClO8/c16-8-3-1-7(2-4-8)5-9(14(21)22)23-15-13(20)12(19)11(18)10(6-17)24-15/h1-5,10-13,15,17-20H,6H2,(H,21,22)/b9-5+/t10-,11-,12-,13+,15-/m0/s1. The van der Waals surface area contributed by atoms with Gasteiger partial charge in [0.15, 0.2) is 0 Å². The van der Waals surface area contributed by atoms with Crippen LogP contribution in [0.4, 0.5) is 0 Å². The normalized spacial score (nSPS) is 30.9. The number of halogens is 1. The summed E-state index contributed by atoms with van der Waals surface area (Å²) in [6.45, 7) is -0.645. The maximum absolute atomic E-state index is 11.3. The van der Waals surface area contributed by atoms with Crippen LogP contribution in [0.15, 0.2) is 30.0 Å². The predicted molar refractivity (Wildman–Crippen MR) is 81.9 cm³/mol. The zero-order valence-corrected chi connectivity index (χ0v) is 13.1. The molecule has 0 unspecified atom stereocenters. The van der Waals surface area contributed by atoms with Crippen LogP contribution in [-0.4, -0.2) is 68.8 Å². The lowest BCUT2D eigenvalue weighted by molar-refractivity contribution is -0.291. The number of hydrogen-bond donors (Lipinski definition) is 5. The molecular weight excluding hydrogens is 344 g/mol. The maximum Gasteiger partial charge on any atom is 0.371 e. The average Bonchev–Trinajstić information content (AvgIpc) is 2.56. The van der Waals surface area contributed by atoms with Crippen molar-refractivity contribution < 1.29 is 39.8 Å². The monoisotopic (exact) mass is 360 g/mol. The molecule has 5 N–H and O–H groups in total. The van der Waals surface area contributed by atoms with Gasteiger partial charge in [-0.05, 0) is 23.8 Å². The van der Waals surface area contributed by atoms with Crippen molar-refractivity contribution in [1.82, 2.24) is 0 Å². The topological polar surface area (TPSA) is 137 Å². The smallest absolute Gasteiger partial charge is 0.371 e. The zero-order valence-electron chi connectivity index (χ0n) is 12.3. The largest absolute Gasteiger partial charge is 0.475 e. The van der Waals surface area contributed by atoms with Crippen molar-refractivity contribution >= 4 is 23.6 Å². The summed E-state index contributed by atoms with van der Waals surface area (Å²) < 4.78 is 10.2. The Morgan fingerprint density at radius 2 is 1.79 bits per heavy atom. The lowest BCUT2D eigenvalue weighted by Crippen LogP contribution is -2.59. The third-order valence-electron chi connectivity index (χ3n) is 3.47. The van der Waals surface area contributed by atoms with Gasteiger partial charge in [0.2, 0.25) is 12.0 Å². The van der Waals surface area contributed by atoms with Crippen molar-refractivity contribution in [2.75, 3.05) is 6.61 Å². The lowest BCUT2D eigenvalue weighted by Gasteiger charge is -2.39. The Morgan fingerprint density at radius 3 is 2.33 bits per heavy atom. The molecule has 1 heterocycles. The molecule has 8 nitrogen and oxygen atoms in total. The Hall–Kier alpha value is -1.68. The summed E-state index contributed by atoms with van der Waals surface area (Å²) in [5.41, 5.74) is 0.474. The van der Waals surface area contributed by atoms with Gasteiger partial charge in [-0.15, -0.1) is 0 Å². The number of aliphatic hydroxyl groups is 4. The first-order valence-corrected chi connectivity index (χ1v) is 7.39. The van der Waals surface area contributed by atoms with Crippen LogP contribution < -0.4 is 0 Å². The van der Waals surface area contributed by atoms with E-state index in [-0.39, 0.29) is 0 Å².